The van der Waals surface area contributed by atoms with Gasteiger partial charge < -0.3 is 18.9 Å². The van der Waals surface area contributed by atoms with E-state index in [1.54, 1.807) is 14.2 Å². The molecular formula is C24H33N3O3. The molecule has 2 aliphatic rings. The van der Waals surface area contributed by atoms with E-state index in [0.29, 0.717) is 12.2 Å². The Morgan fingerprint density at radius 2 is 1.73 bits per heavy atom. The second-order valence-electron chi connectivity index (χ2n) is 8.22. The first-order valence-electron chi connectivity index (χ1n) is 11.1. The highest BCUT2D eigenvalue weighted by Gasteiger charge is 2.21. The van der Waals surface area contributed by atoms with Crippen molar-refractivity contribution in [2.24, 2.45) is 0 Å². The highest BCUT2D eigenvalue weighted by atomic mass is 16.5. The lowest BCUT2D eigenvalue weighted by molar-refractivity contribution is 0.0971. The first kappa shape index (κ1) is 20.8. The van der Waals surface area contributed by atoms with Crippen molar-refractivity contribution < 1.29 is 14.3 Å². The molecule has 4 rings (SSSR count). The largest absolute Gasteiger partial charge is 0.497 e. The number of benzene rings is 1. The third-order valence-corrected chi connectivity index (χ3v) is 6.42. The van der Waals surface area contributed by atoms with Crippen LogP contribution in [0.4, 0.5) is 5.69 Å². The zero-order chi connectivity index (χ0) is 20.9. The van der Waals surface area contributed by atoms with Crippen LogP contribution in [0, 0.1) is 0 Å². The molecule has 0 saturated carbocycles. The topological polar surface area (TPSA) is 46.9 Å². The molecular weight excluding hydrogens is 378 g/mol. The van der Waals surface area contributed by atoms with Crippen molar-refractivity contribution in [3.8, 4) is 11.5 Å². The number of Topliss-reactive ketones (excluding diaryl/α,β-unsaturated/α-hetero) is 1. The molecule has 0 radical (unpaired) electrons. The lowest BCUT2D eigenvalue weighted by atomic mass is 9.97. The number of fused-ring (bicyclic) bond motifs is 1. The molecule has 1 fully saturated rings. The number of carbonyl (C=O) groups is 1. The van der Waals surface area contributed by atoms with Crippen molar-refractivity contribution in [2.45, 2.75) is 38.6 Å². The number of ketones is 1. The monoisotopic (exact) mass is 411 g/mol. The molecule has 2 aromatic rings. The van der Waals surface area contributed by atoms with E-state index < -0.39 is 0 Å². The Kier molecular flexibility index (Phi) is 6.62. The summed E-state index contributed by atoms with van der Waals surface area (Å²) in [5.41, 5.74) is 3.37. The fourth-order valence-corrected chi connectivity index (χ4v) is 4.67. The minimum absolute atomic E-state index is 0.321. The van der Waals surface area contributed by atoms with Crippen LogP contribution in [0.5, 0.6) is 11.5 Å². The van der Waals surface area contributed by atoms with Crippen LogP contribution in [0.1, 0.15) is 41.7 Å². The molecule has 0 bridgehead atoms. The summed E-state index contributed by atoms with van der Waals surface area (Å²) >= 11 is 0. The Balaban J connectivity index is 1.22. The SMILES string of the molecule is COc1ccc(N2CCN(CCCCn3ccc4c3CCCC4=O)CC2)c(OC)c1. The number of hydrogen-bond acceptors (Lipinski definition) is 5. The lowest BCUT2D eigenvalue weighted by Gasteiger charge is -2.36. The van der Waals surface area contributed by atoms with Gasteiger partial charge in [-0.05, 0) is 50.4 Å². The molecule has 6 heteroatoms. The van der Waals surface area contributed by atoms with E-state index in [1.165, 1.54) is 12.1 Å². The third-order valence-electron chi connectivity index (χ3n) is 6.42. The Morgan fingerprint density at radius 1 is 0.933 bits per heavy atom. The smallest absolute Gasteiger partial charge is 0.164 e. The van der Waals surface area contributed by atoms with Crippen LogP contribution in [0.2, 0.25) is 0 Å². The van der Waals surface area contributed by atoms with Gasteiger partial charge in [0.1, 0.15) is 11.5 Å². The van der Waals surface area contributed by atoms with E-state index in [4.69, 9.17) is 9.47 Å². The summed E-state index contributed by atoms with van der Waals surface area (Å²) < 4.78 is 13.2. The second kappa shape index (κ2) is 9.56. The summed E-state index contributed by atoms with van der Waals surface area (Å²) in [6.45, 7) is 6.32. The van der Waals surface area contributed by atoms with Gasteiger partial charge in [0.15, 0.2) is 5.78 Å². The van der Waals surface area contributed by atoms with Crippen LogP contribution in [0.3, 0.4) is 0 Å². The summed E-state index contributed by atoms with van der Waals surface area (Å²) in [4.78, 5) is 17.0. The number of methoxy groups -OCH3 is 2. The quantitative estimate of drug-likeness (QED) is 0.621. The first-order valence-corrected chi connectivity index (χ1v) is 11.1. The van der Waals surface area contributed by atoms with Crippen molar-refractivity contribution in [1.82, 2.24) is 9.47 Å². The summed E-state index contributed by atoms with van der Waals surface area (Å²) in [7, 11) is 3.39. The average Bonchev–Trinajstić information content (AvgIpc) is 3.21. The average molecular weight is 412 g/mol. The molecule has 162 valence electrons. The highest BCUT2D eigenvalue weighted by Crippen LogP contribution is 2.32. The summed E-state index contributed by atoms with van der Waals surface area (Å²) in [6, 6.07) is 8.06. The van der Waals surface area contributed by atoms with Crippen LogP contribution in [0.25, 0.3) is 0 Å². The van der Waals surface area contributed by atoms with Crippen LogP contribution in [0.15, 0.2) is 30.5 Å². The fourth-order valence-electron chi connectivity index (χ4n) is 4.67. The van der Waals surface area contributed by atoms with Crippen molar-refractivity contribution in [1.29, 1.82) is 0 Å². The van der Waals surface area contributed by atoms with Gasteiger partial charge in [0.25, 0.3) is 0 Å². The second-order valence-corrected chi connectivity index (χ2v) is 8.22. The van der Waals surface area contributed by atoms with Gasteiger partial charge in [-0.1, -0.05) is 0 Å². The zero-order valence-electron chi connectivity index (χ0n) is 18.2. The summed E-state index contributed by atoms with van der Waals surface area (Å²) in [5, 5.41) is 0. The van der Waals surface area contributed by atoms with Gasteiger partial charge in [-0.15, -0.1) is 0 Å². The Morgan fingerprint density at radius 3 is 2.50 bits per heavy atom. The van der Waals surface area contributed by atoms with Gasteiger partial charge in [-0.2, -0.15) is 0 Å². The number of hydrogen-bond donors (Lipinski definition) is 0. The number of aromatic nitrogens is 1. The molecule has 1 aromatic carbocycles. The van der Waals surface area contributed by atoms with Crippen LogP contribution >= 0.6 is 0 Å². The van der Waals surface area contributed by atoms with E-state index in [-0.39, 0.29) is 0 Å². The molecule has 6 nitrogen and oxygen atoms in total. The Bertz CT molecular complexity index is 869. The maximum Gasteiger partial charge on any atom is 0.164 e. The molecule has 1 aromatic heterocycles. The maximum absolute atomic E-state index is 12.0. The first-order chi connectivity index (χ1) is 14.7. The Hall–Kier alpha value is -2.47. The summed E-state index contributed by atoms with van der Waals surface area (Å²) in [5.74, 6) is 2.01. The zero-order valence-corrected chi connectivity index (χ0v) is 18.2. The normalized spacial score (nSPS) is 17.1. The van der Waals surface area contributed by atoms with Crippen molar-refractivity contribution in [2.75, 3.05) is 51.8 Å². The molecule has 1 saturated heterocycles. The van der Waals surface area contributed by atoms with E-state index in [2.05, 4.69) is 26.6 Å². The lowest BCUT2D eigenvalue weighted by Crippen LogP contribution is -2.46. The van der Waals surface area contributed by atoms with E-state index in [9.17, 15) is 4.79 Å². The van der Waals surface area contributed by atoms with E-state index in [0.717, 1.165) is 81.3 Å². The number of anilines is 1. The van der Waals surface area contributed by atoms with Gasteiger partial charge in [0, 0.05) is 62.7 Å². The van der Waals surface area contributed by atoms with Gasteiger partial charge in [0.2, 0.25) is 0 Å². The maximum atomic E-state index is 12.0. The van der Waals surface area contributed by atoms with Gasteiger partial charge in [0.05, 0.1) is 19.9 Å². The molecule has 0 unspecified atom stereocenters. The number of aryl methyl sites for hydroxylation is 1. The van der Waals surface area contributed by atoms with Crippen molar-refractivity contribution in [3.05, 3.63) is 41.7 Å². The predicted molar refractivity (Wildman–Crippen MR) is 119 cm³/mol. The van der Waals surface area contributed by atoms with E-state index in [1.807, 2.05) is 18.2 Å². The molecule has 2 heterocycles. The number of piperazine rings is 1. The number of rotatable bonds is 8. The van der Waals surface area contributed by atoms with Gasteiger partial charge in [-0.3, -0.25) is 9.69 Å². The highest BCUT2D eigenvalue weighted by molar-refractivity contribution is 5.98. The van der Waals surface area contributed by atoms with Crippen LogP contribution in [-0.2, 0) is 13.0 Å². The standard InChI is InChI=1S/C24H33N3O3/c1-29-19-8-9-22(24(18-19)30-2)27-16-14-25(15-17-27)11-3-4-12-26-13-10-20-21(26)6-5-7-23(20)28/h8-10,13,18H,3-7,11-12,14-17H2,1-2H3. The molecule has 1 aliphatic heterocycles. The Labute approximate surface area is 179 Å². The van der Waals surface area contributed by atoms with E-state index >= 15 is 0 Å². The van der Waals surface area contributed by atoms with Crippen molar-refractivity contribution in [3.63, 3.8) is 0 Å². The third kappa shape index (κ3) is 4.48. The predicted octanol–water partition coefficient (Wildman–Crippen LogP) is 3.63. The summed E-state index contributed by atoms with van der Waals surface area (Å²) in [6.07, 6.45) is 7.21. The molecule has 1 aliphatic carbocycles. The van der Waals surface area contributed by atoms with Gasteiger partial charge >= 0.3 is 0 Å². The fraction of sp³-hybridized carbons (Fsp3) is 0.542. The molecule has 0 spiro atoms. The minimum atomic E-state index is 0.321. The molecule has 0 atom stereocenters. The van der Waals surface area contributed by atoms with Crippen molar-refractivity contribution >= 4 is 11.5 Å². The number of unbranched alkanes of at least 4 members (excludes halogenated alkanes) is 1. The van der Waals surface area contributed by atoms with Gasteiger partial charge in [-0.25, -0.2) is 0 Å². The molecule has 0 amide bonds. The van der Waals surface area contributed by atoms with Crippen LogP contribution in [-0.4, -0.2) is 62.2 Å². The molecule has 30 heavy (non-hydrogen) atoms. The number of nitrogens with zero attached hydrogens (tertiary/aromatic N) is 3. The minimum Gasteiger partial charge on any atom is -0.497 e. The molecule has 0 N–H and O–H groups in total. The number of carbonyl (C=O) groups excluding carboxylic acids is 1. The van der Waals surface area contributed by atoms with Crippen LogP contribution < -0.4 is 14.4 Å². The number of ether oxygens (including phenoxy) is 2.